The highest BCUT2D eigenvalue weighted by Gasteiger charge is 2.29. The highest BCUT2D eigenvalue weighted by molar-refractivity contribution is 5.87. The van der Waals surface area contributed by atoms with Gasteiger partial charge in [-0.05, 0) is 13.0 Å². The van der Waals surface area contributed by atoms with E-state index in [0.29, 0.717) is 0 Å². The molecule has 0 saturated carbocycles. The van der Waals surface area contributed by atoms with Crippen LogP contribution in [0.1, 0.15) is 6.92 Å². The molecule has 0 bridgehead atoms. The first-order valence-corrected chi connectivity index (χ1v) is 5.13. The van der Waals surface area contributed by atoms with Crippen LogP contribution in [0.15, 0.2) is 12.3 Å². The second kappa shape index (κ2) is 8.15. The zero-order valence-corrected chi connectivity index (χ0v) is 9.52. The van der Waals surface area contributed by atoms with E-state index in [9.17, 15) is 20.1 Å². The number of rotatable bonds is 8. The lowest BCUT2D eigenvalue weighted by Gasteiger charge is -2.25. The monoisotopic (exact) mass is 249 g/mol. The van der Waals surface area contributed by atoms with Gasteiger partial charge >= 0.3 is 0 Å². The molecule has 0 aliphatic rings. The summed E-state index contributed by atoms with van der Waals surface area (Å²) in [5, 5.41) is 48.2. The Morgan fingerprint density at radius 3 is 2.18 bits per heavy atom. The number of allylic oxidation sites excluding steroid dienone is 1. The molecule has 0 aromatic carbocycles. The Hall–Kier alpha value is -0.990. The number of hydrogen-bond acceptors (Lipinski definition) is 7. The van der Waals surface area contributed by atoms with E-state index in [4.69, 9.17) is 10.2 Å². The van der Waals surface area contributed by atoms with E-state index in [2.05, 4.69) is 5.32 Å². The topological polar surface area (TPSA) is 130 Å². The van der Waals surface area contributed by atoms with Gasteiger partial charge in [-0.15, -0.1) is 0 Å². The van der Waals surface area contributed by atoms with Crippen LogP contribution >= 0.6 is 0 Å². The van der Waals surface area contributed by atoms with Crippen molar-refractivity contribution >= 4 is 5.78 Å². The number of ketones is 1. The van der Waals surface area contributed by atoms with Crippen molar-refractivity contribution in [3.05, 3.63) is 12.3 Å². The van der Waals surface area contributed by atoms with E-state index in [-0.39, 0.29) is 12.3 Å². The Morgan fingerprint density at radius 1 is 1.18 bits per heavy atom. The Balaban J connectivity index is 4.04. The van der Waals surface area contributed by atoms with Gasteiger partial charge < -0.3 is 30.8 Å². The summed E-state index contributed by atoms with van der Waals surface area (Å²) in [6.07, 6.45) is -3.58. The molecule has 0 aromatic heterocycles. The Labute approximate surface area is 99.0 Å². The summed E-state index contributed by atoms with van der Waals surface area (Å²) in [7, 11) is 0. The van der Waals surface area contributed by atoms with Gasteiger partial charge in [0.2, 0.25) is 0 Å². The summed E-state index contributed by atoms with van der Waals surface area (Å²) in [5.74, 6) is -0.178. The van der Waals surface area contributed by atoms with Gasteiger partial charge in [-0.3, -0.25) is 4.79 Å². The minimum atomic E-state index is -1.64. The van der Waals surface area contributed by atoms with Gasteiger partial charge in [-0.1, -0.05) is 0 Å². The molecular formula is C10H19NO6. The minimum Gasteiger partial charge on any atom is -0.394 e. The summed E-state index contributed by atoms with van der Waals surface area (Å²) in [6.45, 7) is 0.521. The van der Waals surface area contributed by atoms with Crippen molar-refractivity contribution in [2.75, 3.05) is 13.2 Å². The summed E-state index contributed by atoms with van der Waals surface area (Å²) >= 11 is 0. The number of aliphatic hydroxyl groups is 5. The fourth-order valence-electron chi connectivity index (χ4n) is 1.05. The largest absolute Gasteiger partial charge is 0.394 e. The predicted molar refractivity (Wildman–Crippen MR) is 58.9 cm³/mol. The summed E-state index contributed by atoms with van der Waals surface area (Å²) in [5.41, 5.74) is 0. The van der Waals surface area contributed by atoms with Gasteiger partial charge in [-0.25, -0.2) is 0 Å². The molecule has 0 heterocycles. The molecule has 17 heavy (non-hydrogen) atoms. The van der Waals surface area contributed by atoms with Crippen LogP contribution in [0, 0.1) is 0 Å². The minimum absolute atomic E-state index is 0.111. The van der Waals surface area contributed by atoms with Crippen molar-refractivity contribution in [1.29, 1.82) is 0 Å². The molecule has 0 aliphatic heterocycles. The van der Waals surface area contributed by atoms with Crippen LogP contribution in [0.5, 0.6) is 0 Å². The molecule has 0 spiro atoms. The van der Waals surface area contributed by atoms with Crippen LogP contribution in [-0.2, 0) is 4.79 Å². The average Bonchev–Trinajstić information content (AvgIpc) is 2.31. The van der Waals surface area contributed by atoms with Crippen molar-refractivity contribution < 1.29 is 30.3 Å². The van der Waals surface area contributed by atoms with Gasteiger partial charge in [0.25, 0.3) is 0 Å². The molecule has 0 aliphatic carbocycles. The Bertz CT molecular complexity index is 257. The lowest BCUT2D eigenvalue weighted by molar-refractivity contribution is -0.113. The van der Waals surface area contributed by atoms with Crippen LogP contribution in [0.4, 0.5) is 0 Å². The molecule has 0 fully saturated rings. The maximum absolute atomic E-state index is 10.5. The number of carbonyl (C=O) groups is 1. The number of aliphatic hydroxyl groups excluding tert-OH is 5. The van der Waals surface area contributed by atoms with Crippen molar-refractivity contribution in [2.45, 2.75) is 31.3 Å². The van der Waals surface area contributed by atoms with Crippen molar-refractivity contribution in [2.24, 2.45) is 0 Å². The zero-order valence-electron chi connectivity index (χ0n) is 9.52. The van der Waals surface area contributed by atoms with Crippen LogP contribution in [0.2, 0.25) is 0 Å². The lowest BCUT2D eigenvalue weighted by atomic mass is 10.0. The highest BCUT2D eigenvalue weighted by atomic mass is 16.4. The number of carbonyl (C=O) groups excluding carboxylic acids is 1. The summed E-state index contributed by atoms with van der Waals surface area (Å²) in [4.78, 5) is 10.5. The van der Waals surface area contributed by atoms with Gasteiger partial charge in [0.15, 0.2) is 5.78 Å². The van der Waals surface area contributed by atoms with Crippen LogP contribution in [0.3, 0.4) is 0 Å². The fourth-order valence-corrected chi connectivity index (χ4v) is 1.05. The van der Waals surface area contributed by atoms with E-state index in [1.165, 1.54) is 19.2 Å². The third kappa shape index (κ3) is 6.35. The van der Waals surface area contributed by atoms with Gasteiger partial charge in [-0.2, -0.15) is 0 Å². The standard InChI is InChI=1S/C10H19NO6/c1-6(13)2-3-11-4-7(14)9(16)10(17)8(15)5-12/h2-3,7-12,14-17H,4-5H2,1H3/b3-2-/t7-,8-,9-,10+/m0/s1. The Kier molecular flexibility index (Phi) is 7.68. The molecule has 7 heteroatoms. The van der Waals surface area contributed by atoms with Crippen molar-refractivity contribution in [3.8, 4) is 0 Å². The molecule has 100 valence electrons. The van der Waals surface area contributed by atoms with E-state index in [1.54, 1.807) is 0 Å². The van der Waals surface area contributed by atoms with Gasteiger partial charge in [0, 0.05) is 12.7 Å². The van der Waals surface area contributed by atoms with E-state index in [1.807, 2.05) is 0 Å². The lowest BCUT2D eigenvalue weighted by Crippen LogP contribution is -2.48. The summed E-state index contributed by atoms with van der Waals surface area (Å²) < 4.78 is 0. The first-order chi connectivity index (χ1) is 7.90. The molecule has 0 unspecified atom stereocenters. The van der Waals surface area contributed by atoms with Crippen LogP contribution in [0.25, 0.3) is 0 Å². The zero-order chi connectivity index (χ0) is 13.4. The van der Waals surface area contributed by atoms with Crippen LogP contribution < -0.4 is 5.32 Å². The number of hydrogen-bond donors (Lipinski definition) is 6. The molecule has 0 rings (SSSR count). The maximum Gasteiger partial charge on any atom is 0.154 e. The predicted octanol–water partition coefficient (Wildman–Crippen LogP) is -2.89. The molecule has 6 N–H and O–H groups in total. The SMILES string of the molecule is CC(=O)/C=C\NC[C@H](O)[C@H](O)[C@H](O)[C@@H](O)CO. The van der Waals surface area contributed by atoms with E-state index >= 15 is 0 Å². The van der Waals surface area contributed by atoms with Crippen molar-refractivity contribution in [1.82, 2.24) is 5.32 Å². The van der Waals surface area contributed by atoms with Crippen molar-refractivity contribution in [3.63, 3.8) is 0 Å². The van der Waals surface area contributed by atoms with Crippen LogP contribution in [-0.4, -0.2) is 68.9 Å². The third-order valence-corrected chi connectivity index (χ3v) is 2.09. The van der Waals surface area contributed by atoms with E-state index in [0.717, 1.165) is 0 Å². The highest BCUT2D eigenvalue weighted by Crippen LogP contribution is 2.04. The number of nitrogens with one attached hydrogen (secondary N) is 1. The second-order valence-corrected chi connectivity index (χ2v) is 3.65. The second-order valence-electron chi connectivity index (χ2n) is 3.65. The molecule has 0 aromatic rings. The normalized spacial score (nSPS) is 18.7. The Morgan fingerprint density at radius 2 is 1.71 bits per heavy atom. The first-order valence-electron chi connectivity index (χ1n) is 5.13. The van der Waals surface area contributed by atoms with Gasteiger partial charge in [0.05, 0.1) is 12.7 Å². The molecule has 0 radical (unpaired) electrons. The summed E-state index contributed by atoms with van der Waals surface area (Å²) in [6, 6.07) is 0. The molecular weight excluding hydrogens is 230 g/mol. The molecule has 0 saturated heterocycles. The van der Waals surface area contributed by atoms with E-state index < -0.39 is 31.0 Å². The maximum atomic E-state index is 10.5. The smallest absolute Gasteiger partial charge is 0.154 e. The molecule has 0 amide bonds. The molecule has 7 nitrogen and oxygen atoms in total. The third-order valence-electron chi connectivity index (χ3n) is 2.09. The average molecular weight is 249 g/mol. The molecule has 4 atom stereocenters. The fraction of sp³-hybridized carbons (Fsp3) is 0.700. The quantitative estimate of drug-likeness (QED) is 0.255. The van der Waals surface area contributed by atoms with Gasteiger partial charge in [0.1, 0.15) is 18.3 Å². The first kappa shape index (κ1) is 16.0.